The standard InChI is InChI=1S/C15H14BrFO2/c1-9-7-11(4-6-15(9)17)19-12-3-5-13(10(2)18)14(16)8-12/h3-8,10,18H,1-2H3. The predicted octanol–water partition coefficient (Wildman–Crippen LogP) is 4.74. The molecule has 4 heteroatoms. The first-order valence-electron chi connectivity index (χ1n) is 5.89. The van der Waals surface area contributed by atoms with Gasteiger partial charge in [0.05, 0.1) is 6.10 Å². The van der Waals surface area contributed by atoms with Gasteiger partial charge in [-0.15, -0.1) is 0 Å². The second kappa shape index (κ2) is 5.72. The summed E-state index contributed by atoms with van der Waals surface area (Å²) in [5.41, 5.74) is 1.33. The number of benzene rings is 2. The average molecular weight is 325 g/mol. The van der Waals surface area contributed by atoms with Gasteiger partial charge < -0.3 is 9.84 Å². The summed E-state index contributed by atoms with van der Waals surface area (Å²) >= 11 is 3.39. The van der Waals surface area contributed by atoms with Crippen molar-refractivity contribution in [2.75, 3.05) is 0 Å². The lowest BCUT2D eigenvalue weighted by Crippen LogP contribution is -1.93. The minimum atomic E-state index is -0.545. The van der Waals surface area contributed by atoms with E-state index in [9.17, 15) is 9.50 Å². The Hall–Kier alpha value is -1.39. The van der Waals surface area contributed by atoms with Crippen molar-refractivity contribution in [3.8, 4) is 11.5 Å². The summed E-state index contributed by atoms with van der Waals surface area (Å²) in [6.45, 7) is 3.39. The molecule has 0 spiro atoms. The van der Waals surface area contributed by atoms with Gasteiger partial charge in [0.15, 0.2) is 0 Å². The van der Waals surface area contributed by atoms with Crippen LogP contribution in [0, 0.1) is 12.7 Å². The van der Waals surface area contributed by atoms with Gasteiger partial charge in [-0.1, -0.05) is 22.0 Å². The van der Waals surface area contributed by atoms with Crippen LogP contribution in [0.2, 0.25) is 0 Å². The van der Waals surface area contributed by atoms with Crippen LogP contribution < -0.4 is 4.74 Å². The molecule has 0 heterocycles. The Morgan fingerprint density at radius 3 is 2.37 bits per heavy atom. The SMILES string of the molecule is Cc1cc(Oc2ccc(C(C)O)c(Br)c2)ccc1F. The maximum atomic E-state index is 13.2. The van der Waals surface area contributed by atoms with Crippen molar-refractivity contribution in [3.63, 3.8) is 0 Å². The lowest BCUT2D eigenvalue weighted by Gasteiger charge is -2.11. The Morgan fingerprint density at radius 1 is 1.16 bits per heavy atom. The van der Waals surface area contributed by atoms with Crippen molar-refractivity contribution in [3.05, 3.63) is 57.8 Å². The summed E-state index contributed by atoms with van der Waals surface area (Å²) in [6.07, 6.45) is -0.545. The van der Waals surface area contributed by atoms with E-state index in [-0.39, 0.29) is 5.82 Å². The Kier molecular flexibility index (Phi) is 4.22. The monoisotopic (exact) mass is 324 g/mol. The molecule has 0 bridgehead atoms. The zero-order chi connectivity index (χ0) is 14.0. The molecule has 0 aliphatic rings. The molecule has 0 fully saturated rings. The fourth-order valence-electron chi connectivity index (χ4n) is 1.73. The highest BCUT2D eigenvalue weighted by Gasteiger charge is 2.08. The Morgan fingerprint density at radius 2 is 1.79 bits per heavy atom. The number of hydrogen-bond acceptors (Lipinski definition) is 2. The molecule has 0 aliphatic heterocycles. The number of hydrogen-bond donors (Lipinski definition) is 1. The fraction of sp³-hybridized carbons (Fsp3) is 0.200. The van der Waals surface area contributed by atoms with Gasteiger partial charge in [0.1, 0.15) is 17.3 Å². The molecule has 2 aromatic rings. The molecule has 0 saturated carbocycles. The third kappa shape index (κ3) is 3.33. The highest BCUT2D eigenvalue weighted by atomic mass is 79.9. The number of rotatable bonds is 3. The molecule has 19 heavy (non-hydrogen) atoms. The summed E-state index contributed by atoms with van der Waals surface area (Å²) < 4.78 is 19.6. The maximum absolute atomic E-state index is 13.2. The number of aryl methyl sites for hydroxylation is 1. The molecule has 2 nitrogen and oxygen atoms in total. The zero-order valence-corrected chi connectivity index (χ0v) is 12.2. The van der Waals surface area contributed by atoms with Gasteiger partial charge in [-0.05, 0) is 55.3 Å². The molecule has 2 rings (SSSR count). The van der Waals surface area contributed by atoms with Crippen LogP contribution >= 0.6 is 15.9 Å². The first-order valence-corrected chi connectivity index (χ1v) is 6.68. The van der Waals surface area contributed by atoms with E-state index in [0.717, 1.165) is 10.0 Å². The number of aliphatic hydroxyl groups is 1. The summed E-state index contributed by atoms with van der Waals surface area (Å²) in [6, 6.07) is 9.95. The molecule has 0 saturated heterocycles. The summed E-state index contributed by atoms with van der Waals surface area (Å²) in [5, 5.41) is 9.54. The molecular formula is C15H14BrFO2. The highest BCUT2D eigenvalue weighted by molar-refractivity contribution is 9.10. The van der Waals surface area contributed by atoms with E-state index in [1.54, 1.807) is 44.2 Å². The van der Waals surface area contributed by atoms with Crippen LogP contribution in [0.4, 0.5) is 4.39 Å². The van der Waals surface area contributed by atoms with E-state index >= 15 is 0 Å². The fourth-order valence-corrected chi connectivity index (χ4v) is 2.42. The van der Waals surface area contributed by atoms with Crippen LogP contribution in [0.5, 0.6) is 11.5 Å². The third-order valence-electron chi connectivity index (χ3n) is 2.79. The van der Waals surface area contributed by atoms with Crippen molar-refractivity contribution >= 4 is 15.9 Å². The molecule has 1 N–H and O–H groups in total. The van der Waals surface area contributed by atoms with Gasteiger partial charge in [-0.25, -0.2) is 4.39 Å². The van der Waals surface area contributed by atoms with Crippen molar-refractivity contribution < 1.29 is 14.2 Å². The van der Waals surface area contributed by atoms with Gasteiger partial charge in [0, 0.05) is 4.47 Å². The van der Waals surface area contributed by atoms with E-state index in [2.05, 4.69) is 15.9 Å². The second-order valence-electron chi connectivity index (χ2n) is 4.37. The van der Waals surface area contributed by atoms with Crippen LogP contribution in [0.1, 0.15) is 24.2 Å². The van der Waals surface area contributed by atoms with Gasteiger partial charge >= 0.3 is 0 Å². The van der Waals surface area contributed by atoms with Crippen LogP contribution in [-0.4, -0.2) is 5.11 Å². The predicted molar refractivity (Wildman–Crippen MR) is 76.0 cm³/mol. The molecule has 1 unspecified atom stereocenters. The topological polar surface area (TPSA) is 29.5 Å². The van der Waals surface area contributed by atoms with Crippen molar-refractivity contribution in [1.29, 1.82) is 0 Å². The quantitative estimate of drug-likeness (QED) is 0.883. The molecule has 0 radical (unpaired) electrons. The molecule has 2 aromatic carbocycles. The first kappa shape index (κ1) is 14.0. The summed E-state index contributed by atoms with van der Waals surface area (Å²) in [7, 11) is 0. The molecule has 1 atom stereocenters. The number of ether oxygens (including phenoxy) is 1. The van der Waals surface area contributed by atoms with E-state index in [0.29, 0.717) is 17.1 Å². The summed E-state index contributed by atoms with van der Waals surface area (Å²) in [4.78, 5) is 0. The lowest BCUT2D eigenvalue weighted by atomic mass is 10.1. The first-order chi connectivity index (χ1) is 8.97. The van der Waals surface area contributed by atoms with Gasteiger partial charge in [-0.2, -0.15) is 0 Å². The largest absolute Gasteiger partial charge is 0.457 e. The van der Waals surface area contributed by atoms with Crippen molar-refractivity contribution in [1.82, 2.24) is 0 Å². The van der Waals surface area contributed by atoms with Crippen LogP contribution in [0.25, 0.3) is 0 Å². The molecule has 0 aliphatic carbocycles. The highest BCUT2D eigenvalue weighted by Crippen LogP contribution is 2.30. The third-order valence-corrected chi connectivity index (χ3v) is 3.47. The van der Waals surface area contributed by atoms with E-state index in [1.807, 2.05) is 0 Å². The van der Waals surface area contributed by atoms with Crippen LogP contribution in [0.3, 0.4) is 0 Å². The second-order valence-corrected chi connectivity index (χ2v) is 5.23. The number of halogens is 2. The zero-order valence-electron chi connectivity index (χ0n) is 10.7. The Balaban J connectivity index is 2.24. The normalized spacial score (nSPS) is 12.3. The Bertz CT molecular complexity index is 597. The van der Waals surface area contributed by atoms with Gasteiger partial charge in [0.25, 0.3) is 0 Å². The molecule has 0 amide bonds. The van der Waals surface area contributed by atoms with E-state index in [4.69, 9.17) is 4.74 Å². The van der Waals surface area contributed by atoms with E-state index < -0.39 is 6.10 Å². The number of aliphatic hydroxyl groups excluding tert-OH is 1. The smallest absolute Gasteiger partial charge is 0.128 e. The maximum Gasteiger partial charge on any atom is 0.128 e. The van der Waals surface area contributed by atoms with Gasteiger partial charge in [-0.3, -0.25) is 0 Å². The molecule has 0 aromatic heterocycles. The van der Waals surface area contributed by atoms with Crippen molar-refractivity contribution in [2.24, 2.45) is 0 Å². The van der Waals surface area contributed by atoms with E-state index in [1.165, 1.54) is 6.07 Å². The van der Waals surface area contributed by atoms with Gasteiger partial charge in [0.2, 0.25) is 0 Å². The summed E-state index contributed by atoms with van der Waals surface area (Å²) in [5.74, 6) is 0.955. The molecular weight excluding hydrogens is 311 g/mol. The van der Waals surface area contributed by atoms with Crippen LogP contribution in [0.15, 0.2) is 40.9 Å². The minimum Gasteiger partial charge on any atom is -0.457 e. The molecule has 100 valence electrons. The van der Waals surface area contributed by atoms with Crippen molar-refractivity contribution in [2.45, 2.75) is 20.0 Å². The minimum absolute atomic E-state index is 0.252. The lowest BCUT2D eigenvalue weighted by molar-refractivity contribution is 0.198. The average Bonchev–Trinajstić information content (AvgIpc) is 2.33. The Labute approximate surface area is 120 Å². The van der Waals surface area contributed by atoms with Crippen LogP contribution in [-0.2, 0) is 0 Å².